The number of hydrogen-bond donors (Lipinski definition) is 4. The van der Waals surface area contributed by atoms with Crippen molar-refractivity contribution in [3.8, 4) is 11.8 Å². The Kier molecular flexibility index (Phi) is 17.9. The van der Waals surface area contributed by atoms with E-state index in [1.807, 2.05) is 30.3 Å². The van der Waals surface area contributed by atoms with Crippen LogP contribution < -0.4 is 31.1 Å². The summed E-state index contributed by atoms with van der Waals surface area (Å²) in [5.41, 5.74) is 15.2. The van der Waals surface area contributed by atoms with Gasteiger partial charge in [0.1, 0.15) is 30.9 Å². The number of hydrogen-bond acceptors (Lipinski definition) is 20. The van der Waals surface area contributed by atoms with Crippen molar-refractivity contribution < 1.29 is 56.2 Å². The van der Waals surface area contributed by atoms with Crippen molar-refractivity contribution in [1.29, 1.82) is 0 Å². The van der Waals surface area contributed by atoms with E-state index in [9.17, 15) is 18.7 Å². The molecule has 6 aromatic rings. The van der Waals surface area contributed by atoms with E-state index >= 15 is 0 Å². The number of nitrogens with zero attached hydrogens (tertiary/aromatic N) is 8. The number of ether oxygens (including phenoxy) is 6. The number of rotatable bonds is 27. The van der Waals surface area contributed by atoms with Gasteiger partial charge >= 0.3 is 11.9 Å². The fraction of sp³-hybridized carbons (Fsp3) is 0.429. The minimum absolute atomic E-state index is 0.00446. The highest BCUT2D eigenvalue weighted by molar-refractivity contribution is 7.57. The van der Waals surface area contributed by atoms with Gasteiger partial charge in [0.15, 0.2) is 22.3 Å². The van der Waals surface area contributed by atoms with Gasteiger partial charge in [0.2, 0.25) is 23.7 Å². The summed E-state index contributed by atoms with van der Waals surface area (Å²) in [4.78, 5) is 51.0. The second kappa shape index (κ2) is 23.8. The number of nitrogen functional groups attached to an aromatic ring is 2. The van der Waals surface area contributed by atoms with Crippen LogP contribution in [0.2, 0.25) is 0 Å². The average molecular weight is 983 g/mol. The monoisotopic (exact) mass is 982 g/mol. The molecule has 0 aliphatic carbocycles. The fourth-order valence-corrected chi connectivity index (χ4v) is 9.99. The summed E-state index contributed by atoms with van der Waals surface area (Å²) >= 11 is 0. The molecular formula is C42H56N12O12P2. The molecular weight excluding hydrogens is 926 g/mol. The van der Waals surface area contributed by atoms with Gasteiger partial charge in [-0.25, -0.2) is 20.1 Å². The number of fused-ring (bicyclic) bond motifs is 2. The molecule has 6 N–H and O–H groups in total. The van der Waals surface area contributed by atoms with Crippen LogP contribution in [0, 0.1) is 0 Å². The van der Waals surface area contributed by atoms with E-state index in [0.29, 0.717) is 33.5 Å². The average Bonchev–Trinajstić information content (AvgIpc) is 3.93. The van der Waals surface area contributed by atoms with Gasteiger partial charge in [-0.1, -0.05) is 54.6 Å². The van der Waals surface area contributed by atoms with E-state index in [1.165, 1.54) is 40.7 Å². The summed E-state index contributed by atoms with van der Waals surface area (Å²) in [6, 6.07) is 14.1. The van der Waals surface area contributed by atoms with Crippen LogP contribution in [0.5, 0.6) is 11.8 Å². The molecule has 0 fully saturated rings. The molecule has 0 spiro atoms. The number of methoxy groups -OCH3 is 2. The van der Waals surface area contributed by atoms with E-state index in [-0.39, 0.29) is 69.8 Å². The predicted molar refractivity (Wildman–Crippen MR) is 248 cm³/mol. The van der Waals surface area contributed by atoms with Gasteiger partial charge in [0.05, 0.1) is 66.5 Å². The number of benzene rings is 2. The molecule has 0 saturated carbocycles. The van der Waals surface area contributed by atoms with Crippen LogP contribution in [0.15, 0.2) is 67.3 Å². The molecule has 68 heavy (non-hydrogen) atoms. The molecule has 0 radical (unpaired) electrons. The Morgan fingerprint density at radius 2 is 1.24 bits per heavy atom. The molecule has 4 aromatic heterocycles. The molecule has 24 nitrogen and oxygen atoms in total. The third kappa shape index (κ3) is 13.5. The molecule has 0 aliphatic rings. The Balaban J connectivity index is 1.25. The maximum absolute atomic E-state index is 14.7. The summed E-state index contributed by atoms with van der Waals surface area (Å²) in [5, 5.41) is 5.62. The Labute approximate surface area is 391 Å². The zero-order chi connectivity index (χ0) is 48.8. The highest BCUT2D eigenvalue weighted by atomic mass is 31.2. The van der Waals surface area contributed by atoms with Crippen molar-refractivity contribution >= 4 is 61.2 Å². The summed E-state index contributed by atoms with van der Waals surface area (Å²) in [5.74, 6) is -0.950. The Bertz CT molecular complexity index is 2740. The van der Waals surface area contributed by atoms with Gasteiger partial charge in [-0.2, -0.15) is 19.9 Å². The maximum Gasteiger partial charge on any atom is 0.323 e. The fourth-order valence-electron chi connectivity index (χ4n) is 6.69. The zero-order valence-electron chi connectivity index (χ0n) is 38.5. The van der Waals surface area contributed by atoms with Crippen LogP contribution in [0.1, 0.15) is 50.5 Å². The lowest BCUT2D eigenvalue weighted by molar-refractivity contribution is -0.145. The molecule has 366 valence electrons. The van der Waals surface area contributed by atoms with E-state index in [2.05, 4.69) is 40.1 Å². The molecule has 0 aliphatic heterocycles. The number of carbonyl (C=O) groups is 2. The zero-order valence-corrected chi connectivity index (χ0v) is 40.3. The first kappa shape index (κ1) is 51.3. The molecule has 0 saturated heterocycles. The van der Waals surface area contributed by atoms with Crippen LogP contribution >= 0.6 is 15.0 Å². The van der Waals surface area contributed by atoms with Gasteiger partial charge in [-0.15, -0.1) is 0 Å². The topological polar surface area (TPSA) is 305 Å². The van der Waals surface area contributed by atoms with E-state index in [0.717, 1.165) is 5.56 Å². The van der Waals surface area contributed by atoms with Crippen molar-refractivity contribution in [3.63, 3.8) is 0 Å². The molecule has 6 rings (SSSR count). The van der Waals surface area contributed by atoms with Crippen LogP contribution in [0.3, 0.4) is 0 Å². The van der Waals surface area contributed by atoms with Crippen LogP contribution in [0.4, 0.5) is 11.9 Å². The van der Waals surface area contributed by atoms with Crippen molar-refractivity contribution in [2.24, 2.45) is 0 Å². The molecule has 4 heterocycles. The van der Waals surface area contributed by atoms with Crippen LogP contribution in [-0.2, 0) is 73.0 Å². The van der Waals surface area contributed by atoms with Crippen molar-refractivity contribution in [2.45, 2.75) is 72.2 Å². The van der Waals surface area contributed by atoms with Gasteiger partial charge in [0, 0.05) is 6.54 Å². The number of carbonyl (C=O) groups excluding carboxylic acids is 2. The number of anilines is 2. The summed E-state index contributed by atoms with van der Waals surface area (Å²) in [6.45, 7) is 6.59. The van der Waals surface area contributed by atoms with Crippen molar-refractivity contribution in [1.82, 2.24) is 49.2 Å². The van der Waals surface area contributed by atoms with Crippen molar-refractivity contribution in [3.05, 3.63) is 83.9 Å². The Morgan fingerprint density at radius 1 is 0.706 bits per heavy atom. The SMILES string of the molecule is CCOC(=O)C(C)N[P@](=O)(COC(Cn1cnc2c(OC)nc(N)nc21)c1cccc(CO[P@@](=O)(COCCn2cnc3c(OC)nc(N)nc32)N[C@@H](C)C(=O)OCC)c1)OCc1ccccc1. The van der Waals surface area contributed by atoms with Gasteiger partial charge in [-0.3, -0.25) is 18.7 Å². The van der Waals surface area contributed by atoms with Gasteiger partial charge < -0.3 is 58.1 Å². The van der Waals surface area contributed by atoms with E-state index in [1.54, 1.807) is 47.2 Å². The highest BCUT2D eigenvalue weighted by Crippen LogP contribution is 2.46. The van der Waals surface area contributed by atoms with Gasteiger partial charge in [-0.05, 0) is 44.4 Å². The lowest BCUT2D eigenvalue weighted by atomic mass is 10.1. The quantitative estimate of drug-likeness (QED) is 0.0308. The second-order valence-corrected chi connectivity index (χ2v) is 19.3. The second-order valence-electron chi connectivity index (χ2n) is 15.0. The lowest BCUT2D eigenvalue weighted by Crippen LogP contribution is -2.35. The van der Waals surface area contributed by atoms with E-state index in [4.69, 9.17) is 48.9 Å². The molecule has 2 aromatic carbocycles. The first-order chi connectivity index (χ1) is 32.7. The minimum atomic E-state index is -3.98. The number of nitrogens with one attached hydrogen (secondary N) is 2. The molecule has 2 unspecified atom stereocenters. The predicted octanol–water partition coefficient (Wildman–Crippen LogP) is 4.74. The third-order valence-electron chi connectivity index (χ3n) is 9.94. The first-order valence-electron chi connectivity index (χ1n) is 21.4. The standard InChI is InChI=1S/C42H56N12O12P2/c1-7-62-39(55)27(3)51-67(57,25-61-18-17-53-23-45-33-35(53)47-41(43)49-37(33)59-5)66-22-30-15-12-16-31(19-30)32(20-54-24-46-34-36(54)48-42(44)50-38(34)60-6)64-26-68(58,52-28(4)40(56)63-8-2)65-21-29-13-10-9-11-14-29/h9-16,19,23-24,27-28,32H,7-8,17-18,20-22,25-26H2,1-6H3,(H,51,57)(H,52,58)(H2,43,47,49)(H2,44,48,50)/t27-,28?,32?,67-,68-/m0/s1. The Morgan fingerprint density at radius 3 is 1.81 bits per heavy atom. The molecule has 0 bridgehead atoms. The highest BCUT2D eigenvalue weighted by Gasteiger charge is 2.33. The summed E-state index contributed by atoms with van der Waals surface area (Å²) in [6.07, 6.45) is 1.19. The van der Waals surface area contributed by atoms with Crippen LogP contribution in [-0.4, -0.2) is 110 Å². The Hall–Kier alpha value is -6.10. The normalized spacial score (nSPS) is 14.7. The number of esters is 2. The largest absolute Gasteiger partial charge is 0.479 e. The molecule has 0 amide bonds. The van der Waals surface area contributed by atoms with Gasteiger partial charge in [0.25, 0.3) is 15.0 Å². The number of aromatic nitrogens is 8. The molecule has 5 atom stereocenters. The number of imidazole rings is 2. The first-order valence-corrected chi connectivity index (χ1v) is 25.0. The maximum atomic E-state index is 14.7. The lowest BCUT2D eigenvalue weighted by Gasteiger charge is -2.26. The van der Waals surface area contributed by atoms with Crippen molar-refractivity contribution in [2.75, 3.05) is 58.2 Å². The molecule has 26 heteroatoms. The summed E-state index contributed by atoms with van der Waals surface area (Å²) < 4.78 is 78.1. The smallest absolute Gasteiger partial charge is 0.323 e. The minimum Gasteiger partial charge on any atom is -0.479 e. The summed E-state index contributed by atoms with van der Waals surface area (Å²) in [7, 11) is -5.06. The van der Waals surface area contributed by atoms with Crippen LogP contribution in [0.25, 0.3) is 22.3 Å². The number of nitrogens with two attached hydrogens (primary N) is 2. The third-order valence-corrected chi connectivity index (χ3v) is 13.6. The van der Waals surface area contributed by atoms with E-state index < -0.39 is 57.9 Å².